The van der Waals surface area contributed by atoms with Crippen LogP contribution in [0.4, 0.5) is 5.82 Å². The SMILES string of the molecule is N#CCC(=O)Nc1ccnn1C1CCCC1. The zero-order valence-corrected chi connectivity index (χ0v) is 9.02. The molecule has 0 saturated heterocycles. The lowest BCUT2D eigenvalue weighted by Gasteiger charge is -2.13. The van der Waals surface area contributed by atoms with E-state index in [0.717, 1.165) is 12.8 Å². The number of anilines is 1. The van der Waals surface area contributed by atoms with Crippen LogP contribution in [0.25, 0.3) is 0 Å². The van der Waals surface area contributed by atoms with Gasteiger partial charge in [-0.25, -0.2) is 4.68 Å². The smallest absolute Gasteiger partial charge is 0.239 e. The van der Waals surface area contributed by atoms with Crippen molar-refractivity contribution >= 4 is 11.7 Å². The van der Waals surface area contributed by atoms with Crippen LogP contribution in [-0.2, 0) is 4.79 Å². The molecule has 1 aliphatic carbocycles. The standard InChI is InChI=1S/C11H14N4O/c12-7-5-11(16)14-10-6-8-13-15(10)9-3-1-2-4-9/h6,8-9H,1-5H2,(H,14,16). The van der Waals surface area contributed by atoms with Crippen molar-refractivity contribution in [1.29, 1.82) is 5.26 Å². The van der Waals surface area contributed by atoms with Gasteiger partial charge < -0.3 is 5.32 Å². The van der Waals surface area contributed by atoms with E-state index in [2.05, 4.69) is 10.4 Å². The first kappa shape index (κ1) is 10.7. The number of nitrogens with zero attached hydrogens (tertiary/aromatic N) is 3. The highest BCUT2D eigenvalue weighted by Gasteiger charge is 2.20. The van der Waals surface area contributed by atoms with Crippen LogP contribution < -0.4 is 5.32 Å². The number of aromatic nitrogens is 2. The van der Waals surface area contributed by atoms with E-state index in [0.29, 0.717) is 11.9 Å². The predicted molar refractivity (Wildman–Crippen MR) is 58.6 cm³/mol. The summed E-state index contributed by atoms with van der Waals surface area (Å²) < 4.78 is 1.86. The van der Waals surface area contributed by atoms with Crippen molar-refractivity contribution in [2.75, 3.05) is 5.32 Å². The van der Waals surface area contributed by atoms with Crippen LogP contribution >= 0.6 is 0 Å². The zero-order valence-electron chi connectivity index (χ0n) is 9.02. The lowest BCUT2D eigenvalue weighted by Crippen LogP contribution is -2.16. The fourth-order valence-electron chi connectivity index (χ4n) is 2.11. The van der Waals surface area contributed by atoms with Gasteiger partial charge in [0.15, 0.2) is 0 Å². The van der Waals surface area contributed by atoms with Gasteiger partial charge in [0.2, 0.25) is 5.91 Å². The zero-order chi connectivity index (χ0) is 11.4. The van der Waals surface area contributed by atoms with Gasteiger partial charge in [-0.1, -0.05) is 12.8 Å². The maximum atomic E-state index is 11.3. The Hall–Kier alpha value is -1.83. The van der Waals surface area contributed by atoms with E-state index in [4.69, 9.17) is 5.26 Å². The second-order valence-corrected chi connectivity index (χ2v) is 3.98. The predicted octanol–water partition coefficient (Wildman–Crippen LogP) is 1.85. The third-order valence-electron chi connectivity index (χ3n) is 2.85. The molecule has 1 N–H and O–H groups in total. The van der Waals surface area contributed by atoms with Gasteiger partial charge in [-0.15, -0.1) is 0 Å². The lowest BCUT2D eigenvalue weighted by molar-refractivity contribution is -0.115. The highest BCUT2D eigenvalue weighted by molar-refractivity contribution is 5.91. The third kappa shape index (κ3) is 2.22. The summed E-state index contributed by atoms with van der Waals surface area (Å²) in [4.78, 5) is 11.3. The molecule has 16 heavy (non-hydrogen) atoms. The maximum Gasteiger partial charge on any atom is 0.239 e. The molecule has 0 aromatic carbocycles. The van der Waals surface area contributed by atoms with E-state index in [-0.39, 0.29) is 12.3 Å². The van der Waals surface area contributed by atoms with Gasteiger partial charge in [-0.05, 0) is 12.8 Å². The highest BCUT2D eigenvalue weighted by atomic mass is 16.1. The van der Waals surface area contributed by atoms with Crippen LogP contribution in [0.1, 0.15) is 38.1 Å². The van der Waals surface area contributed by atoms with Crippen LogP contribution in [0.15, 0.2) is 12.3 Å². The molecule has 84 valence electrons. The highest BCUT2D eigenvalue weighted by Crippen LogP contribution is 2.31. The number of amides is 1. The van der Waals surface area contributed by atoms with Crippen molar-refractivity contribution < 1.29 is 4.79 Å². The van der Waals surface area contributed by atoms with Crippen LogP contribution in [0.5, 0.6) is 0 Å². The molecule has 1 saturated carbocycles. The van der Waals surface area contributed by atoms with Crippen molar-refractivity contribution in [3.05, 3.63) is 12.3 Å². The number of hydrogen-bond donors (Lipinski definition) is 1. The number of carbonyl (C=O) groups excluding carboxylic acids is 1. The van der Waals surface area contributed by atoms with Gasteiger partial charge >= 0.3 is 0 Å². The van der Waals surface area contributed by atoms with Crippen LogP contribution in [-0.4, -0.2) is 15.7 Å². The molecule has 0 bridgehead atoms. The molecule has 1 amide bonds. The maximum absolute atomic E-state index is 11.3. The fourth-order valence-corrected chi connectivity index (χ4v) is 2.11. The summed E-state index contributed by atoms with van der Waals surface area (Å²) in [6.45, 7) is 0. The van der Waals surface area contributed by atoms with Gasteiger partial charge in [0.25, 0.3) is 0 Å². The Morgan fingerprint density at radius 2 is 2.38 bits per heavy atom. The number of nitriles is 1. The first-order chi connectivity index (χ1) is 7.81. The summed E-state index contributed by atoms with van der Waals surface area (Å²) in [6, 6.07) is 3.99. The number of rotatable bonds is 3. The normalized spacial score (nSPS) is 15.9. The Morgan fingerprint density at radius 3 is 3.06 bits per heavy atom. The summed E-state index contributed by atoms with van der Waals surface area (Å²) in [5.74, 6) is 0.425. The molecule has 2 rings (SSSR count). The van der Waals surface area contributed by atoms with E-state index in [1.807, 2.05) is 10.8 Å². The number of nitrogens with one attached hydrogen (secondary N) is 1. The molecule has 1 aromatic heterocycles. The first-order valence-electron chi connectivity index (χ1n) is 5.51. The second kappa shape index (κ2) is 4.79. The van der Waals surface area contributed by atoms with Gasteiger partial charge in [0.05, 0.1) is 18.3 Å². The van der Waals surface area contributed by atoms with Crippen LogP contribution in [0.3, 0.4) is 0 Å². The molecule has 0 unspecified atom stereocenters. The Bertz CT molecular complexity index is 412. The number of hydrogen-bond acceptors (Lipinski definition) is 3. The van der Waals surface area contributed by atoms with Crippen molar-refractivity contribution in [1.82, 2.24) is 9.78 Å². The van der Waals surface area contributed by atoms with E-state index in [9.17, 15) is 4.79 Å². The average molecular weight is 218 g/mol. The lowest BCUT2D eigenvalue weighted by atomic mass is 10.2. The number of carbonyl (C=O) groups is 1. The quantitative estimate of drug-likeness (QED) is 0.841. The monoisotopic (exact) mass is 218 g/mol. The van der Waals surface area contributed by atoms with Crippen molar-refractivity contribution in [3.63, 3.8) is 0 Å². The second-order valence-electron chi connectivity index (χ2n) is 3.98. The minimum atomic E-state index is -0.276. The van der Waals surface area contributed by atoms with E-state index in [1.54, 1.807) is 12.3 Å². The Labute approximate surface area is 94.1 Å². The van der Waals surface area contributed by atoms with Crippen molar-refractivity contribution in [2.45, 2.75) is 38.1 Å². The Balaban J connectivity index is 2.07. The minimum absolute atomic E-state index is 0.115. The Kier molecular flexibility index (Phi) is 3.20. The Morgan fingerprint density at radius 1 is 1.62 bits per heavy atom. The van der Waals surface area contributed by atoms with Gasteiger partial charge in [0, 0.05) is 6.07 Å². The summed E-state index contributed by atoms with van der Waals surface area (Å²) in [6.07, 6.45) is 6.23. The van der Waals surface area contributed by atoms with E-state index < -0.39 is 0 Å². The summed E-state index contributed by atoms with van der Waals surface area (Å²) in [5.41, 5.74) is 0. The van der Waals surface area contributed by atoms with E-state index >= 15 is 0 Å². The molecule has 1 fully saturated rings. The molecule has 0 atom stereocenters. The molecular weight excluding hydrogens is 204 g/mol. The molecule has 5 nitrogen and oxygen atoms in total. The van der Waals surface area contributed by atoms with Crippen molar-refractivity contribution in [2.24, 2.45) is 0 Å². The summed E-state index contributed by atoms with van der Waals surface area (Å²) in [5, 5.41) is 15.4. The first-order valence-corrected chi connectivity index (χ1v) is 5.51. The van der Waals surface area contributed by atoms with Gasteiger partial charge in [-0.2, -0.15) is 10.4 Å². The van der Waals surface area contributed by atoms with Gasteiger partial charge in [-0.3, -0.25) is 4.79 Å². The average Bonchev–Trinajstić information content (AvgIpc) is 2.86. The molecule has 0 spiro atoms. The summed E-state index contributed by atoms with van der Waals surface area (Å²) in [7, 11) is 0. The third-order valence-corrected chi connectivity index (χ3v) is 2.85. The van der Waals surface area contributed by atoms with E-state index in [1.165, 1.54) is 12.8 Å². The largest absolute Gasteiger partial charge is 0.310 e. The molecule has 1 aromatic rings. The topological polar surface area (TPSA) is 70.7 Å². The minimum Gasteiger partial charge on any atom is -0.310 e. The molecule has 0 radical (unpaired) electrons. The summed E-state index contributed by atoms with van der Waals surface area (Å²) >= 11 is 0. The molecular formula is C11H14N4O. The van der Waals surface area contributed by atoms with Crippen molar-refractivity contribution in [3.8, 4) is 6.07 Å². The van der Waals surface area contributed by atoms with Gasteiger partial charge in [0.1, 0.15) is 12.2 Å². The fraction of sp³-hybridized carbons (Fsp3) is 0.545. The molecule has 0 aliphatic heterocycles. The van der Waals surface area contributed by atoms with Crippen LogP contribution in [0, 0.1) is 11.3 Å². The van der Waals surface area contributed by atoms with Crippen LogP contribution in [0.2, 0.25) is 0 Å². The molecule has 1 heterocycles. The molecule has 1 aliphatic rings. The molecule has 5 heteroatoms.